The van der Waals surface area contributed by atoms with Gasteiger partial charge in [0.2, 0.25) is 0 Å². The minimum absolute atomic E-state index is 0.0368. The maximum Gasteiger partial charge on any atom is 0.311 e. The van der Waals surface area contributed by atoms with Gasteiger partial charge in [0.15, 0.2) is 0 Å². The van der Waals surface area contributed by atoms with E-state index in [0.717, 1.165) is 42.5 Å². The van der Waals surface area contributed by atoms with Crippen LogP contribution in [0.3, 0.4) is 0 Å². The summed E-state index contributed by atoms with van der Waals surface area (Å²) in [5, 5.41) is 9.57. The van der Waals surface area contributed by atoms with Gasteiger partial charge in [0, 0.05) is 43.0 Å². The predicted molar refractivity (Wildman–Crippen MR) is 101 cm³/mol. The van der Waals surface area contributed by atoms with E-state index in [1.54, 1.807) is 6.07 Å². The number of aromatic nitrogens is 1. The largest absolute Gasteiger partial charge is 0.481 e. The van der Waals surface area contributed by atoms with E-state index in [-0.39, 0.29) is 19.3 Å². The molecule has 0 bridgehead atoms. The summed E-state index contributed by atoms with van der Waals surface area (Å²) in [6.07, 6.45) is 5.00. The molecule has 0 aliphatic carbocycles. The van der Waals surface area contributed by atoms with Gasteiger partial charge in [-0.1, -0.05) is 19.1 Å². The summed E-state index contributed by atoms with van der Waals surface area (Å²) in [4.78, 5) is 28.1. The molecular weight excluding hydrogens is 332 g/mol. The van der Waals surface area contributed by atoms with E-state index in [1.807, 2.05) is 24.4 Å². The van der Waals surface area contributed by atoms with Crippen molar-refractivity contribution in [1.82, 2.24) is 9.88 Å². The van der Waals surface area contributed by atoms with Crippen molar-refractivity contribution in [3.63, 3.8) is 0 Å². The molecule has 1 aromatic carbocycles. The van der Waals surface area contributed by atoms with Gasteiger partial charge in [0.25, 0.3) is 0 Å². The molecule has 0 saturated heterocycles. The number of likely N-dealkylation sites (N-methyl/N-ethyl adjacent to an activating group) is 1. The summed E-state index contributed by atoms with van der Waals surface area (Å²) in [6, 6.07) is 5.55. The Hall–Kier alpha value is -2.60. The number of H-pyrrole nitrogens is 1. The maximum absolute atomic E-state index is 12.0. The number of carbonyl (C=O) groups is 2. The average Bonchev–Trinajstić information content (AvgIpc) is 3.02. The number of aromatic amines is 1. The number of rotatable bonds is 11. The molecule has 1 aromatic heterocycles. The normalized spacial score (nSPS) is 11.0. The van der Waals surface area contributed by atoms with E-state index < -0.39 is 11.9 Å². The molecule has 0 aliphatic heterocycles. The fraction of sp³-hybridized carbons (Fsp3) is 0.400. The summed E-state index contributed by atoms with van der Waals surface area (Å²) in [6.45, 7) is 8.56. The Morgan fingerprint density at radius 3 is 2.85 bits per heavy atom. The summed E-state index contributed by atoms with van der Waals surface area (Å²) in [5.41, 5.74) is 2.01. The van der Waals surface area contributed by atoms with Gasteiger partial charge in [0.1, 0.15) is 5.75 Å². The lowest BCUT2D eigenvalue weighted by Crippen LogP contribution is -2.25. The Labute approximate surface area is 153 Å². The Morgan fingerprint density at radius 1 is 1.35 bits per heavy atom. The molecule has 6 heteroatoms. The van der Waals surface area contributed by atoms with Crippen molar-refractivity contribution >= 4 is 22.8 Å². The first-order chi connectivity index (χ1) is 12.5. The zero-order chi connectivity index (χ0) is 18.9. The number of carbonyl (C=O) groups excluding carboxylic acids is 1. The number of nitrogens with zero attached hydrogens (tertiary/aromatic N) is 1. The van der Waals surface area contributed by atoms with E-state index in [9.17, 15) is 9.59 Å². The fourth-order valence-corrected chi connectivity index (χ4v) is 2.90. The van der Waals surface area contributed by atoms with Crippen molar-refractivity contribution in [2.24, 2.45) is 0 Å². The third-order valence-electron chi connectivity index (χ3n) is 4.28. The van der Waals surface area contributed by atoms with Crippen LogP contribution < -0.4 is 4.74 Å². The van der Waals surface area contributed by atoms with Crippen molar-refractivity contribution in [3.05, 3.63) is 42.6 Å². The number of nitrogens with one attached hydrogen (secondary N) is 1. The molecule has 140 valence electrons. The first-order valence-corrected chi connectivity index (χ1v) is 8.89. The molecule has 0 atom stereocenters. The number of aliphatic carboxylic acids is 1. The van der Waals surface area contributed by atoms with Crippen LogP contribution in [0.1, 0.15) is 31.7 Å². The van der Waals surface area contributed by atoms with Crippen molar-refractivity contribution < 1.29 is 19.4 Å². The van der Waals surface area contributed by atoms with Crippen LogP contribution in [-0.4, -0.2) is 46.6 Å². The molecule has 0 amide bonds. The first-order valence-electron chi connectivity index (χ1n) is 8.89. The molecule has 1 heterocycles. The monoisotopic (exact) mass is 358 g/mol. The molecular formula is C20H26N2O4. The summed E-state index contributed by atoms with van der Waals surface area (Å²) in [5.74, 6) is -0.800. The van der Waals surface area contributed by atoms with Gasteiger partial charge >= 0.3 is 11.9 Å². The number of hydrogen-bond donors (Lipinski definition) is 2. The highest BCUT2D eigenvalue weighted by atomic mass is 16.5. The molecule has 0 spiro atoms. The average molecular weight is 358 g/mol. The van der Waals surface area contributed by atoms with Gasteiger partial charge in [-0.15, -0.1) is 6.58 Å². The number of fused-ring (bicyclic) bond motifs is 1. The Balaban J connectivity index is 2.09. The lowest BCUT2D eigenvalue weighted by atomic mass is 10.1. The van der Waals surface area contributed by atoms with Crippen LogP contribution in [0.4, 0.5) is 0 Å². The summed E-state index contributed by atoms with van der Waals surface area (Å²) in [7, 11) is 0. The van der Waals surface area contributed by atoms with Crippen molar-refractivity contribution in [1.29, 1.82) is 0 Å². The number of esters is 1. The number of benzene rings is 1. The van der Waals surface area contributed by atoms with Crippen LogP contribution in [0.5, 0.6) is 5.75 Å². The van der Waals surface area contributed by atoms with Gasteiger partial charge in [0.05, 0.1) is 0 Å². The van der Waals surface area contributed by atoms with Gasteiger partial charge in [-0.25, -0.2) is 0 Å². The van der Waals surface area contributed by atoms with Crippen molar-refractivity contribution in [2.75, 3.05) is 19.6 Å². The fourth-order valence-electron chi connectivity index (χ4n) is 2.90. The zero-order valence-electron chi connectivity index (χ0n) is 15.2. The Kier molecular flexibility index (Phi) is 7.41. The van der Waals surface area contributed by atoms with Gasteiger partial charge < -0.3 is 14.8 Å². The number of ether oxygens (including phenoxy) is 1. The second-order valence-electron chi connectivity index (χ2n) is 6.15. The van der Waals surface area contributed by atoms with Gasteiger partial charge in [-0.3, -0.25) is 14.5 Å². The standard InChI is InChI=1S/C20H26N2O4/c1-3-12-22(4-2)13-11-15-14-21-16-7-5-8-17(20(15)16)26-19(25)10-6-9-18(23)24/h3,5,7-8,14,21H,1,4,6,9-13H2,2H3,(H,23,24). The van der Waals surface area contributed by atoms with Crippen LogP contribution in [0.25, 0.3) is 10.9 Å². The van der Waals surface area contributed by atoms with Crippen LogP contribution in [-0.2, 0) is 16.0 Å². The van der Waals surface area contributed by atoms with E-state index in [2.05, 4.69) is 23.4 Å². The molecule has 2 rings (SSSR count). The first kappa shape index (κ1) is 19.7. The highest BCUT2D eigenvalue weighted by Crippen LogP contribution is 2.29. The van der Waals surface area contributed by atoms with Crippen LogP contribution in [0, 0.1) is 0 Å². The molecule has 0 unspecified atom stereocenters. The lowest BCUT2D eigenvalue weighted by molar-refractivity contribution is -0.137. The third kappa shape index (κ3) is 5.46. The second kappa shape index (κ2) is 9.77. The molecule has 0 aliphatic rings. The molecule has 0 fully saturated rings. The number of carboxylic acid groups (broad SMARTS) is 1. The van der Waals surface area contributed by atoms with Crippen LogP contribution >= 0.6 is 0 Å². The highest BCUT2D eigenvalue weighted by Gasteiger charge is 2.14. The quantitative estimate of drug-likeness (QED) is 0.365. The van der Waals surface area contributed by atoms with Crippen LogP contribution in [0.2, 0.25) is 0 Å². The number of carboxylic acids is 1. The lowest BCUT2D eigenvalue weighted by Gasteiger charge is -2.18. The topological polar surface area (TPSA) is 82.6 Å². The number of hydrogen-bond acceptors (Lipinski definition) is 4. The molecule has 0 saturated carbocycles. The maximum atomic E-state index is 12.0. The van der Waals surface area contributed by atoms with E-state index in [4.69, 9.17) is 9.84 Å². The molecule has 2 N–H and O–H groups in total. The molecule has 2 aromatic rings. The summed E-state index contributed by atoms with van der Waals surface area (Å²) < 4.78 is 5.51. The molecule has 6 nitrogen and oxygen atoms in total. The predicted octanol–water partition coefficient (Wildman–Crippen LogP) is 3.38. The smallest absolute Gasteiger partial charge is 0.311 e. The molecule has 0 radical (unpaired) electrons. The molecule has 26 heavy (non-hydrogen) atoms. The Bertz CT molecular complexity index is 766. The zero-order valence-corrected chi connectivity index (χ0v) is 15.2. The third-order valence-corrected chi connectivity index (χ3v) is 4.28. The van der Waals surface area contributed by atoms with Crippen molar-refractivity contribution in [2.45, 2.75) is 32.6 Å². The van der Waals surface area contributed by atoms with Gasteiger partial charge in [-0.05, 0) is 37.1 Å². The van der Waals surface area contributed by atoms with E-state index in [0.29, 0.717) is 5.75 Å². The second-order valence-corrected chi connectivity index (χ2v) is 6.15. The highest BCUT2D eigenvalue weighted by molar-refractivity contribution is 5.91. The summed E-state index contributed by atoms with van der Waals surface area (Å²) >= 11 is 0. The van der Waals surface area contributed by atoms with Gasteiger partial charge in [-0.2, -0.15) is 0 Å². The van der Waals surface area contributed by atoms with Crippen LogP contribution in [0.15, 0.2) is 37.1 Å². The minimum Gasteiger partial charge on any atom is -0.481 e. The van der Waals surface area contributed by atoms with E-state index >= 15 is 0 Å². The van der Waals surface area contributed by atoms with Crippen molar-refractivity contribution in [3.8, 4) is 5.75 Å². The Morgan fingerprint density at radius 2 is 2.15 bits per heavy atom. The minimum atomic E-state index is -0.909. The van der Waals surface area contributed by atoms with E-state index in [1.165, 1.54) is 0 Å². The SMILES string of the molecule is C=CCN(CC)CCc1c[nH]c2cccc(OC(=O)CCCC(=O)O)c12.